The molecule has 0 radical (unpaired) electrons. The van der Waals surface area contributed by atoms with Gasteiger partial charge in [-0.2, -0.15) is 0 Å². The first-order valence-corrected chi connectivity index (χ1v) is 8.50. The van der Waals surface area contributed by atoms with Gasteiger partial charge in [0.25, 0.3) is 0 Å². The number of allylic oxidation sites excluding steroid dienone is 1. The fraction of sp³-hybridized carbons (Fsp3) is 0.632. The quantitative estimate of drug-likeness (QED) is 0.526. The summed E-state index contributed by atoms with van der Waals surface area (Å²) in [7, 11) is 0. The smallest absolute Gasteiger partial charge is 0.331 e. The van der Waals surface area contributed by atoms with Crippen LogP contribution in [-0.2, 0) is 9.53 Å². The van der Waals surface area contributed by atoms with Gasteiger partial charge in [-0.3, -0.25) is 0 Å². The molecule has 2 aliphatic carbocycles. The molecule has 3 rings (SSSR count). The highest BCUT2D eigenvalue weighted by molar-refractivity contribution is 5.85. The third-order valence-corrected chi connectivity index (χ3v) is 6.37. The van der Waals surface area contributed by atoms with Crippen molar-refractivity contribution in [2.75, 3.05) is 6.61 Å². The molecule has 0 aromatic carbocycles. The third-order valence-electron chi connectivity index (χ3n) is 6.37. The molecule has 6 atom stereocenters. The van der Waals surface area contributed by atoms with Gasteiger partial charge in [0.15, 0.2) is 0 Å². The highest BCUT2D eigenvalue weighted by Crippen LogP contribution is 2.56. The number of ether oxygens (including phenoxy) is 1. The fourth-order valence-electron chi connectivity index (χ4n) is 4.59. The number of carbonyl (C=O) groups is 1. The summed E-state index contributed by atoms with van der Waals surface area (Å²) in [5.74, 6) is -0.686. The largest absolute Gasteiger partial charge is 0.458 e. The number of aliphatic hydroxyl groups excluding tert-OH is 2. The Kier molecular flexibility index (Phi) is 4.22. The average Bonchev–Trinajstić information content (AvgIpc) is 2.94. The van der Waals surface area contributed by atoms with Crippen LogP contribution in [-0.4, -0.2) is 45.7 Å². The van der Waals surface area contributed by atoms with Gasteiger partial charge in [0.05, 0.1) is 11.7 Å². The van der Waals surface area contributed by atoms with Crippen molar-refractivity contribution in [3.05, 3.63) is 35.5 Å². The van der Waals surface area contributed by atoms with Crippen LogP contribution in [0.4, 0.5) is 0 Å². The molecule has 2 unspecified atom stereocenters. The number of rotatable bonds is 2. The molecule has 3 aliphatic rings. The third kappa shape index (κ3) is 2.46. The molecule has 3 N–H and O–H groups in total. The monoisotopic (exact) mass is 334 g/mol. The Labute approximate surface area is 142 Å². The maximum absolute atomic E-state index is 11.2. The van der Waals surface area contributed by atoms with E-state index in [0.29, 0.717) is 0 Å². The maximum Gasteiger partial charge on any atom is 0.331 e. The summed E-state index contributed by atoms with van der Waals surface area (Å²) in [6.07, 6.45) is 6.66. The molecule has 1 fully saturated rings. The maximum atomic E-state index is 11.2. The van der Waals surface area contributed by atoms with E-state index in [-0.39, 0.29) is 24.4 Å². The molecule has 5 nitrogen and oxygen atoms in total. The summed E-state index contributed by atoms with van der Waals surface area (Å²) >= 11 is 0. The van der Waals surface area contributed by atoms with Gasteiger partial charge in [0.1, 0.15) is 12.7 Å². The van der Waals surface area contributed by atoms with Crippen LogP contribution in [0.25, 0.3) is 0 Å². The predicted molar refractivity (Wildman–Crippen MR) is 88.9 cm³/mol. The molecule has 0 bridgehead atoms. The molecular formula is C19H26O5. The van der Waals surface area contributed by atoms with Crippen molar-refractivity contribution >= 4 is 5.97 Å². The van der Waals surface area contributed by atoms with E-state index in [2.05, 4.69) is 6.08 Å². The lowest BCUT2D eigenvalue weighted by Gasteiger charge is -2.58. The summed E-state index contributed by atoms with van der Waals surface area (Å²) in [4.78, 5) is 11.2. The van der Waals surface area contributed by atoms with Crippen LogP contribution in [0, 0.1) is 17.3 Å². The van der Waals surface area contributed by atoms with Gasteiger partial charge < -0.3 is 20.1 Å². The topological polar surface area (TPSA) is 87.0 Å². The minimum Gasteiger partial charge on any atom is -0.458 e. The first-order valence-electron chi connectivity index (χ1n) is 8.50. The van der Waals surface area contributed by atoms with Gasteiger partial charge in [-0.1, -0.05) is 30.7 Å². The molecule has 132 valence electrons. The second-order valence-corrected chi connectivity index (χ2v) is 7.68. The lowest BCUT2D eigenvalue weighted by molar-refractivity contribution is -0.220. The minimum atomic E-state index is -1.44. The van der Waals surface area contributed by atoms with E-state index in [1.165, 1.54) is 6.08 Å². The summed E-state index contributed by atoms with van der Waals surface area (Å²) < 4.78 is 4.90. The molecule has 1 saturated carbocycles. The van der Waals surface area contributed by atoms with E-state index in [0.717, 1.165) is 24.0 Å². The van der Waals surface area contributed by atoms with Crippen LogP contribution in [0.3, 0.4) is 0 Å². The number of carbonyl (C=O) groups excluding carboxylic acids is 1. The van der Waals surface area contributed by atoms with Crippen molar-refractivity contribution in [2.24, 2.45) is 17.3 Å². The number of fused-ring (bicyclic) bond motifs is 1. The first-order chi connectivity index (χ1) is 11.2. The molecular weight excluding hydrogens is 308 g/mol. The van der Waals surface area contributed by atoms with Crippen LogP contribution in [0.15, 0.2) is 35.5 Å². The Hall–Kier alpha value is -1.43. The van der Waals surface area contributed by atoms with Crippen LogP contribution >= 0.6 is 0 Å². The zero-order valence-electron chi connectivity index (χ0n) is 14.4. The van der Waals surface area contributed by atoms with E-state index in [9.17, 15) is 20.1 Å². The summed E-state index contributed by atoms with van der Waals surface area (Å²) in [5.41, 5.74) is -0.216. The Bertz CT molecular complexity index is 630. The van der Waals surface area contributed by atoms with Gasteiger partial charge in [-0.25, -0.2) is 4.79 Å². The van der Waals surface area contributed by atoms with Crippen molar-refractivity contribution in [1.82, 2.24) is 0 Å². The Morgan fingerprint density at radius 2 is 2.00 bits per heavy atom. The fourth-order valence-corrected chi connectivity index (χ4v) is 4.59. The normalized spacial score (nSPS) is 45.7. The average molecular weight is 334 g/mol. The van der Waals surface area contributed by atoms with Gasteiger partial charge >= 0.3 is 5.97 Å². The lowest BCUT2D eigenvalue weighted by Crippen LogP contribution is -2.66. The predicted octanol–water partition coefficient (Wildman–Crippen LogP) is 1.49. The van der Waals surface area contributed by atoms with Crippen LogP contribution in [0.5, 0.6) is 0 Å². The number of hydrogen-bond donors (Lipinski definition) is 3. The second-order valence-electron chi connectivity index (χ2n) is 7.68. The van der Waals surface area contributed by atoms with E-state index >= 15 is 0 Å². The van der Waals surface area contributed by atoms with Crippen molar-refractivity contribution < 1.29 is 24.9 Å². The van der Waals surface area contributed by atoms with E-state index in [4.69, 9.17) is 4.74 Å². The summed E-state index contributed by atoms with van der Waals surface area (Å²) in [6.45, 7) is 5.76. The van der Waals surface area contributed by atoms with Crippen molar-refractivity contribution in [3.63, 3.8) is 0 Å². The van der Waals surface area contributed by atoms with Crippen molar-refractivity contribution in [3.8, 4) is 0 Å². The molecule has 0 amide bonds. The molecule has 0 aromatic heterocycles. The van der Waals surface area contributed by atoms with E-state index < -0.39 is 23.2 Å². The van der Waals surface area contributed by atoms with Gasteiger partial charge in [0.2, 0.25) is 0 Å². The number of cyclic esters (lactones) is 1. The molecule has 0 saturated heterocycles. The zero-order chi connectivity index (χ0) is 17.7. The summed E-state index contributed by atoms with van der Waals surface area (Å²) in [5, 5.41) is 32.2. The van der Waals surface area contributed by atoms with Crippen molar-refractivity contribution in [2.45, 2.75) is 51.4 Å². The van der Waals surface area contributed by atoms with E-state index in [1.54, 1.807) is 13.0 Å². The molecule has 0 spiro atoms. The van der Waals surface area contributed by atoms with E-state index in [1.807, 2.05) is 19.9 Å². The highest BCUT2D eigenvalue weighted by atomic mass is 16.5. The molecule has 0 aromatic rings. The first kappa shape index (κ1) is 17.4. The zero-order valence-corrected chi connectivity index (χ0v) is 14.4. The standard InChI is InChI=1S/C19H26O5/c1-11-5-4-6-13-14(8-7-12-9-15(20)24-10-12)19(3,23)17(22)16(21)18(11,13)2/h5,7-9,13-14,16-17,21-23H,4,6,10H2,1-3H3/b8-7+/t13?,14?,16-,17-,18-,19+/m0/s1. The summed E-state index contributed by atoms with van der Waals surface area (Å²) in [6, 6.07) is 0. The molecule has 24 heavy (non-hydrogen) atoms. The SMILES string of the molecule is CC1=CCCC2C(/C=C/C3=CC(=O)OC3)[C@@](C)(O)[C@@H](O)[C@H](O)[C@@]12C. The Morgan fingerprint density at radius 1 is 1.29 bits per heavy atom. The number of hydrogen-bond acceptors (Lipinski definition) is 5. The number of aliphatic hydroxyl groups is 3. The highest BCUT2D eigenvalue weighted by Gasteiger charge is 2.61. The van der Waals surface area contributed by atoms with Gasteiger partial charge in [-0.05, 0) is 38.2 Å². The van der Waals surface area contributed by atoms with Crippen LogP contribution in [0.1, 0.15) is 33.6 Å². The van der Waals surface area contributed by atoms with Crippen molar-refractivity contribution in [1.29, 1.82) is 0 Å². The van der Waals surface area contributed by atoms with Crippen LogP contribution < -0.4 is 0 Å². The van der Waals surface area contributed by atoms with Gasteiger partial charge in [-0.15, -0.1) is 0 Å². The second kappa shape index (κ2) is 5.83. The Morgan fingerprint density at radius 3 is 2.62 bits per heavy atom. The van der Waals surface area contributed by atoms with Gasteiger partial charge in [0, 0.05) is 17.4 Å². The lowest BCUT2D eigenvalue weighted by atomic mass is 9.50. The molecule has 5 heteroatoms. The Balaban J connectivity index is 1.99. The minimum absolute atomic E-state index is 0.00535. The van der Waals surface area contributed by atoms with Crippen LogP contribution in [0.2, 0.25) is 0 Å². The molecule has 1 heterocycles. The number of esters is 1. The molecule has 1 aliphatic heterocycles.